The number of hydrogen-bond donors (Lipinski definition) is 2. The molecule has 0 aliphatic carbocycles. The Morgan fingerprint density at radius 1 is 0.962 bits per heavy atom. The molecular formula is C18H18F2N2O4. The summed E-state index contributed by atoms with van der Waals surface area (Å²) in [7, 11) is 2.98. The highest BCUT2D eigenvalue weighted by molar-refractivity contribution is 6.39. The van der Waals surface area contributed by atoms with Gasteiger partial charge < -0.3 is 20.1 Å². The molecule has 138 valence electrons. The molecule has 1 atom stereocenters. The van der Waals surface area contributed by atoms with Crippen LogP contribution in [0.25, 0.3) is 0 Å². The van der Waals surface area contributed by atoms with E-state index in [1.165, 1.54) is 14.2 Å². The molecule has 0 aliphatic heterocycles. The molecule has 0 saturated carbocycles. The Bertz CT molecular complexity index is 827. The normalized spacial score (nSPS) is 11.4. The molecular weight excluding hydrogens is 346 g/mol. The first-order chi connectivity index (χ1) is 12.3. The van der Waals surface area contributed by atoms with Crippen LogP contribution < -0.4 is 20.1 Å². The summed E-state index contributed by atoms with van der Waals surface area (Å²) < 4.78 is 37.0. The summed E-state index contributed by atoms with van der Waals surface area (Å²) in [6.07, 6.45) is 0. The third kappa shape index (κ3) is 4.47. The van der Waals surface area contributed by atoms with Gasteiger partial charge in [-0.25, -0.2) is 8.78 Å². The Morgan fingerprint density at radius 2 is 1.65 bits per heavy atom. The molecule has 0 radical (unpaired) electrons. The summed E-state index contributed by atoms with van der Waals surface area (Å²) in [4.78, 5) is 23.9. The van der Waals surface area contributed by atoms with Crippen LogP contribution in [-0.2, 0) is 9.59 Å². The standard InChI is InChI=1S/C18H18F2N2O4/c1-10(11-4-7-15(25-2)16(8-11)26-3)21-17(23)18(24)22-14-9-12(19)5-6-13(14)20/h4-10H,1-3H3,(H,21,23)(H,22,24). The van der Waals surface area contributed by atoms with Gasteiger partial charge in [-0.05, 0) is 36.8 Å². The first kappa shape index (κ1) is 19.2. The second-order valence-corrected chi connectivity index (χ2v) is 5.39. The molecule has 0 aromatic heterocycles. The number of benzene rings is 2. The highest BCUT2D eigenvalue weighted by Gasteiger charge is 2.19. The lowest BCUT2D eigenvalue weighted by Gasteiger charge is -2.16. The van der Waals surface area contributed by atoms with Crippen LogP contribution in [-0.4, -0.2) is 26.0 Å². The van der Waals surface area contributed by atoms with E-state index in [-0.39, 0.29) is 0 Å². The lowest BCUT2D eigenvalue weighted by Crippen LogP contribution is -2.37. The minimum atomic E-state index is -1.11. The highest BCUT2D eigenvalue weighted by Crippen LogP contribution is 2.29. The Labute approximate surface area is 149 Å². The van der Waals surface area contributed by atoms with Crippen LogP contribution in [0.1, 0.15) is 18.5 Å². The Kier molecular flexibility index (Phi) is 6.11. The Hall–Kier alpha value is -3.16. The van der Waals surface area contributed by atoms with E-state index in [1.807, 2.05) is 5.32 Å². The number of halogens is 2. The number of carbonyl (C=O) groups is 2. The largest absolute Gasteiger partial charge is 0.493 e. The fraction of sp³-hybridized carbons (Fsp3) is 0.222. The van der Waals surface area contributed by atoms with Crippen molar-refractivity contribution in [3.05, 3.63) is 53.6 Å². The zero-order chi connectivity index (χ0) is 19.3. The van der Waals surface area contributed by atoms with Gasteiger partial charge in [0.05, 0.1) is 25.9 Å². The number of rotatable bonds is 5. The second-order valence-electron chi connectivity index (χ2n) is 5.39. The average Bonchev–Trinajstić information content (AvgIpc) is 2.63. The molecule has 1 unspecified atom stereocenters. The van der Waals surface area contributed by atoms with Crippen molar-refractivity contribution in [2.75, 3.05) is 19.5 Å². The van der Waals surface area contributed by atoms with Crippen molar-refractivity contribution >= 4 is 17.5 Å². The van der Waals surface area contributed by atoms with Crippen molar-refractivity contribution < 1.29 is 27.8 Å². The van der Waals surface area contributed by atoms with Crippen molar-refractivity contribution in [1.29, 1.82) is 0 Å². The summed E-state index contributed by atoms with van der Waals surface area (Å²) in [6.45, 7) is 1.66. The Balaban J connectivity index is 2.06. The molecule has 0 aliphatic rings. The predicted octanol–water partition coefficient (Wildman–Crippen LogP) is 2.80. The van der Waals surface area contributed by atoms with Crippen molar-refractivity contribution in [1.82, 2.24) is 5.32 Å². The van der Waals surface area contributed by atoms with Crippen LogP contribution in [0.5, 0.6) is 11.5 Å². The van der Waals surface area contributed by atoms with Crippen LogP contribution >= 0.6 is 0 Å². The quantitative estimate of drug-likeness (QED) is 0.800. The summed E-state index contributed by atoms with van der Waals surface area (Å²) in [6, 6.07) is 7.05. The van der Waals surface area contributed by atoms with Crippen molar-refractivity contribution in [2.45, 2.75) is 13.0 Å². The number of ether oxygens (including phenoxy) is 2. The number of anilines is 1. The minimum Gasteiger partial charge on any atom is -0.493 e. The van der Waals surface area contributed by atoms with E-state index in [0.717, 1.165) is 18.2 Å². The summed E-state index contributed by atoms with van der Waals surface area (Å²) in [5.74, 6) is -2.69. The smallest absolute Gasteiger partial charge is 0.313 e. The van der Waals surface area contributed by atoms with Gasteiger partial charge in [-0.3, -0.25) is 9.59 Å². The minimum absolute atomic E-state index is 0.413. The third-order valence-electron chi connectivity index (χ3n) is 3.64. The molecule has 8 heteroatoms. The number of methoxy groups -OCH3 is 2. The van der Waals surface area contributed by atoms with E-state index in [0.29, 0.717) is 17.1 Å². The van der Waals surface area contributed by atoms with Crippen LogP contribution in [0.15, 0.2) is 36.4 Å². The molecule has 0 heterocycles. The van der Waals surface area contributed by atoms with Crippen LogP contribution in [0.3, 0.4) is 0 Å². The van der Waals surface area contributed by atoms with Gasteiger partial charge in [0.1, 0.15) is 11.6 Å². The average molecular weight is 364 g/mol. The maximum atomic E-state index is 13.5. The molecule has 2 aromatic rings. The van der Waals surface area contributed by atoms with Crippen molar-refractivity contribution in [3.63, 3.8) is 0 Å². The van der Waals surface area contributed by atoms with Gasteiger partial charge in [0.2, 0.25) is 0 Å². The molecule has 0 fully saturated rings. The van der Waals surface area contributed by atoms with E-state index < -0.39 is 35.2 Å². The molecule has 0 spiro atoms. The number of nitrogens with one attached hydrogen (secondary N) is 2. The van der Waals surface area contributed by atoms with Gasteiger partial charge in [-0.1, -0.05) is 6.07 Å². The SMILES string of the molecule is COc1ccc(C(C)NC(=O)C(=O)Nc2cc(F)ccc2F)cc1OC. The molecule has 2 amide bonds. The van der Waals surface area contributed by atoms with Gasteiger partial charge in [-0.2, -0.15) is 0 Å². The monoisotopic (exact) mass is 364 g/mol. The van der Waals surface area contributed by atoms with Gasteiger partial charge in [-0.15, -0.1) is 0 Å². The van der Waals surface area contributed by atoms with E-state index in [1.54, 1.807) is 25.1 Å². The van der Waals surface area contributed by atoms with Crippen LogP contribution in [0, 0.1) is 11.6 Å². The zero-order valence-electron chi connectivity index (χ0n) is 14.4. The molecule has 2 aromatic carbocycles. The summed E-state index contributed by atoms with van der Waals surface area (Å²) in [5, 5.41) is 4.51. The molecule has 26 heavy (non-hydrogen) atoms. The summed E-state index contributed by atoms with van der Waals surface area (Å²) in [5.41, 5.74) is 0.254. The molecule has 2 N–H and O–H groups in total. The van der Waals surface area contributed by atoms with Gasteiger partial charge in [0.15, 0.2) is 11.5 Å². The van der Waals surface area contributed by atoms with Gasteiger partial charge >= 0.3 is 11.8 Å². The predicted molar refractivity (Wildman–Crippen MR) is 91.1 cm³/mol. The number of carbonyl (C=O) groups excluding carboxylic acids is 2. The van der Waals surface area contributed by atoms with Crippen LogP contribution in [0.2, 0.25) is 0 Å². The van der Waals surface area contributed by atoms with Gasteiger partial charge in [0, 0.05) is 6.07 Å². The lowest BCUT2D eigenvalue weighted by molar-refractivity contribution is -0.136. The second kappa shape index (κ2) is 8.28. The maximum absolute atomic E-state index is 13.5. The number of hydrogen-bond acceptors (Lipinski definition) is 4. The molecule has 2 rings (SSSR count). The zero-order valence-corrected chi connectivity index (χ0v) is 14.4. The molecule has 0 bridgehead atoms. The Morgan fingerprint density at radius 3 is 2.31 bits per heavy atom. The first-order valence-electron chi connectivity index (χ1n) is 7.64. The van der Waals surface area contributed by atoms with E-state index in [9.17, 15) is 18.4 Å². The van der Waals surface area contributed by atoms with E-state index >= 15 is 0 Å². The van der Waals surface area contributed by atoms with Crippen LogP contribution in [0.4, 0.5) is 14.5 Å². The fourth-order valence-electron chi connectivity index (χ4n) is 2.24. The lowest BCUT2D eigenvalue weighted by atomic mass is 10.1. The number of amides is 2. The third-order valence-corrected chi connectivity index (χ3v) is 3.64. The maximum Gasteiger partial charge on any atom is 0.313 e. The summed E-state index contributed by atoms with van der Waals surface area (Å²) >= 11 is 0. The fourth-order valence-corrected chi connectivity index (χ4v) is 2.24. The van der Waals surface area contributed by atoms with E-state index in [4.69, 9.17) is 9.47 Å². The molecule has 0 saturated heterocycles. The first-order valence-corrected chi connectivity index (χ1v) is 7.64. The van der Waals surface area contributed by atoms with Crippen molar-refractivity contribution in [2.24, 2.45) is 0 Å². The van der Waals surface area contributed by atoms with Gasteiger partial charge in [0.25, 0.3) is 0 Å². The molecule has 6 nitrogen and oxygen atoms in total. The van der Waals surface area contributed by atoms with Crippen molar-refractivity contribution in [3.8, 4) is 11.5 Å². The van der Waals surface area contributed by atoms with E-state index in [2.05, 4.69) is 5.32 Å². The highest BCUT2D eigenvalue weighted by atomic mass is 19.1. The topological polar surface area (TPSA) is 76.7 Å².